The molecule has 4 aliphatic heterocycles. The van der Waals surface area contributed by atoms with Gasteiger partial charge in [0.2, 0.25) is 11.8 Å². The van der Waals surface area contributed by atoms with Gasteiger partial charge in [-0.15, -0.1) is 0 Å². The highest BCUT2D eigenvalue weighted by Gasteiger charge is 2.44. The van der Waals surface area contributed by atoms with E-state index in [9.17, 15) is 19.2 Å². The largest absolute Gasteiger partial charge is 0.569 e. The van der Waals surface area contributed by atoms with Gasteiger partial charge in [0.15, 0.2) is 0 Å². The Bertz CT molecular complexity index is 2200. The molecule has 1 unspecified atom stereocenters. The number of benzene rings is 4. The minimum atomic E-state index is -0.962. The third kappa shape index (κ3) is 8.68. The van der Waals surface area contributed by atoms with Crippen LogP contribution in [0.5, 0.6) is 5.75 Å². The number of nitrogens with zero attached hydrogens (tertiary/aromatic N) is 5. The Morgan fingerprint density at radius 3 is 1.86 bits per heavy atom. The van der Waals surface area contributed by atoms with Crippen LogP contribution in [0.25, 0.3) is 11.1 Å². The van der Waals surface area contributed by atoms with Gasteiger partial charge in [0, 0.05) is 70.2 Å². The molecule has 2 N–H and O–H groups in total. The molecule has 13 heteroatoms. The van der Waals surface area contributed by atoms with Crippen molar-refractivity contribution in [2.45, 2.75) is 38.6 Å². The van der Waals surface area contributed by atoms with Crippen molar-refractivity contribution in [1.82, 2.24) is 20.0 Å². The van der Waals surface area contributed by atoms with Crippen molar-refractivity contribution in [1.29, 1.82) is 0 Å². The molecule has 303 valence electrons. The highest BCUT2D eigenvalue weighted by Crippen LogP contribution is 2.36. The van der Waals surface area contributed by atoms with Crippen LogP contribution in [0.3, 0.4) is 0 Å². The lowest BCUT2D eigenvalue weighted by Gasteiger charge is -2.38. The summed E-state index contributed by atoms with van der Waals surface area (Å²) in [5, 5.41) is 11.4. The fraction of sp³-hybridized carbons (Fsp3) is 0.348. The van der Waals surface area contributed by atoms with E-state index in [0.717, 1.165) is 100 Å². The van der Waals surface area contributed by atoms with Crippen LogP contribution in [0.4, 0.5) is 11.4 Å². The Morgan fingerprint density at radius 2 is 1.27 bits per heavy atom. The fourth-order valence-corrected chi connectivity index (χ4v) is 8.91. The summed E-state index contributed by atoms with van der Waals surface area (Å²) >= 11 is 0. The minimum Gasteiger partial charge on any atom is -0.537 e. The van der Waals surface area contributed by atoms with E-state index in [0.29, 0.717) is 24.6 Å². The topological polar surface area (TPSA) is 126 Å². The Labute approximate surface area is 346 Å². The molecule has 3 fully saturated rings. The van der Waals surface area contributed by atoms with E-state index >= 15 is 0 Å². The molecule has 0 saturated carbocycles. The van der Waals surface area contributed by atoms with Crippen LogP contribution in [0.2, 0.25) is 0 Å². The van der Waals surface area contributed by atoms with Crippen molar-refractivity contribution in [3.05, 3.63) is 125 Å². The Morgan fingerprint density at radius 1 is 0.695 bits per heavy atom. The normalized spacial score (nSPS) is 19.4. The highest BCUT2D eigenvalue weighted by atomic mass is 16.5. The number of nitrogens with one attached hydrogen (secondary N) is 1. The van der Waals surface area contributed by atoms with Gasteiger partial charge in [0.05, 0.1) is 11.1 Å². The molecule has 0 aliphatic carbocycles. The number of hydrogen-bond donors (Lipinski definition) is 2. The van der Waals surface area contributed by atoms with Crippen molar-refractivity contribution in [2.75, 3.05) is 75.2 Å². The predicted octanol–water partition coefficient (Wildman–Crippen LogP) is 4.70. The van der Waals surface area contributed by atoms with Gasteiger partial charge in [0.1, 0.15) is 11.8 Å². The maximum Gasteiger partial charge on any atom is 0.569 e. The van der Waals surface area contributed by atoms with Crippen LogP contribution in [-0.4, -0.2) is 123 Å². The SMILES string of the molecule is CC/C(=C(/c1ccc(O[B]O)cc1)c1ccc(N2CCN(CCCN3CCN(c4ccc5c(c4)C(=O)N(C4CCC(=O)NC4=O)C5=O)CC3)CC2)cc1)c1ccccc1. The molecule has 12 nitrogen and oxygen atoms in total. The summed E-state index contributed by atoms with van der Waals surface area (Å²) in [6, 6.07) is 31.8. The molecule has 3 saturated heterocycles. The maximum atomic E-state index is 13.3. The monoisotopic (exact) mass is 793 g/mol. The molecule has 8 rings (SSSR count). The second-order valence-electron chi connectivity index (χ2n) is 15.6. The molecule has 0 aromatic heterocycles. The van der Waals surface area contributed by atoms with E-state index in [2.05, 4.69) is 80.4 Å². The molecule has 1 atom stereocenters. The van der Waals surface area contributed by atoms with Gasteiger partial charge < -0.3 is 19.5 Å². The predicted molar refractivity (Wildman–Crippen MR) is 229 cm³/mol. The number of carbonyl (C=O) groups excluding carboxylic acids is 4. The molecule has 0 bridgehead atoms. The summed E-state index contributed by atoms with van der Waals surface area (Å²) in [5.41, 5.74) is 8.67. The van der Waals surface area contributed by atoms with Crippen LogP contribution in [0.15, 0.2) is 97.1 Å². The first kappa shape index (κ1) is 40.0. The summed E-state index contributed by atoms with van der Waals surface area (Å²) in [4.78, 5) is 61.3. The van der Waals surface area contributed by atoms with Gasteiger partial charge in [-0.3, -0.25) is 39.2 Å². The molecule has 4 aromatic carbocycles. The van der Waals surface area contributed by atoms with Crippen LogP contribution in [-0.2, 0) is 9.59 Å². The van der Waals surface area contributed by atoms with Crippen molar-refractivity contribution in [2.24, 2.45) is 0 Å². The number of imide groups is 2. The number of piperidine rings is 1. The molecule has 4 aliphatic rings. The minimum absolute atomic E-state index is 0.100. The summed E-state index contributed by atoms with van der Waals surface area (Å²) in [6.45, 7) is 11.8. The zero-order valence-electron chi connectivity index (χ0n) is 33.5. The maximum absolute atomic E-state index is 13.3. The van der Waals surface area contributed by atoms with E-state index < -0.39 is 23.8 Å². The Balaban J connectivity index is 0.813. The van der Waals surface area contributed by atoms with Gasteiger partial charge >= 0.3 is 7.69 Å². The third-order valence-electron chi connectivity index (χ3n) is 12.1. The van der Waals surface area contributed by atoms with E-state index in [4.69, 9.17) is 9.68 Å². The lowest BCUT2D eigenvalue weighted by molar-refractivity contribution is -0.136. The molecular formula is C46H50BN6O6. The van der Waals surface area contributed by atoms with Gasteiger partial charge in [-0.05, 0) is 103 Å². The van der Waals surface area contributed by atoms with Crippen LogP contribution in [0, 0.1) is 0 Å². The molecule has 4 heterocycles. The third-order valence-corrected chi connectivity index (χ3v) is 12.1. The molecule has 59 heavy (non-hydrogen) atoms. The molecule has 4 aromatic rings. The number of hydrogen-bond acceptors (Lipinski definition) is 10. The summed E-state index contributed by atoms with van der Waals surface area (Å²) < 4.78 is 5.18. The number of rotatable bonds is 13. The van der Waals surface area contributed by atoms with Crippen LogP contribution < -0.4 is 19.8 Å². The summed E-state index contributed by atoms with van der Waals surface area (Å²) in [6.07, 6.45) is 2.22. The van der Waals surface area contributed by atoms with Crippen molar-refractivity contribution in [3.8, 4) is 5.75 Å². The second-order valence-corrected chi connectivity index (χ2v) is 15.6. The zero-order chi connectivity index (χ0) is 40.9. The van der Waals surface area contributed by atoms with E-state index in [1.165, 1.54) is 22.4 Å². The molecule has 0 spiro atoms. The number of allylic oxidation sites excluding steroid dienone is 1. The lowest BCUT2D eigenvalue weighted by Crippen LogP contribution is -2.54. The van der Waals surface area contributed by atoms with Gasteiger partial charge in [-0.2, -0.15) is 0 Å². The van der Waals surface area contributed by atoms with Crippen molar-refractivity contribution >= 4 is 53.8 Å². The highest BCUT2D eigenvalue weighted by molar-refractivity contribution is 6.23. The average molecular weight is 794 g/mol. The van der Waals surface area contributed by atoms with Gasteiger partial charge in [0.25, 0.3) is 11.8 Å². The molecule has 1 radical (unpaired) electrons. The number of fused-ring (bicyclic) bond motifs is 1. The van der Waals surface area contributed by atoms with Gasteiger partial charge in [-0.25, -0.2) is 0 Å². The van der Waals surface area contributed by atoms with Crippen molar-refractivity contribution in [3.63, 3.8) is 0 Å². The zero-order valence-corrected chi connectivity index (χ0v) is 33.5. The lowest BCUT2D eigenvalue weighted by atomic mass is 9.88. The quantitative estimate of drug-likeness (QED) is 0.112. The van der Waals surface area contributed by atoms with Crippen LogP contribution in [0.1, 0.15) is 70.0 Å². The first-order chi connectivity index (χ1) is 28.8. The molecular weight excluding hydrogens is 743 g/mol. The Hall–Kier alpha value is -5.76. The molecule has 4 amide bonds. The standard InChI is InChI=1S/C46H50BN6O6/c1-2-38(32-7-4-3-5-8-32)43(34-11-16-37(17-12-34)59-47-58)33-9-13-35(14-10-33)51-27-23-49(24-28-51)21-6-22-50-25-29-52(30-26-50)36-15-18-39-40(31-36)46(57)53(45(39)56)41-19-20-42(54)48-44(41)55/h3-5,7-18,31,41,58H,2,6,19-30H2,1H3,(H,48,54,55)/b43-38-. The number of amides is 4. The fourth-order valence-electron chi connectivity index (χ4n) is 8.91. The van der Waals surface area contributed by atoms with Crippen LogP contribution >= 0.6 is 0 Å². The van der Waals surface area contributed by atoms with Gasteiger partial charge in [-0.1, -0.05) is 61.5 Å². The first-order valence-electron chi connectivity index (χ1n) is 20.7. The van der Waals surface area contributed by atoms with E-state index in [1.54, 1.807) is 12.1 Å². The second kappa shape index (κ2) is 18.0. The van der Waals surface area contributed by atoms with Crippen molar-refractivity contribution < 1.29 is 28.9 Å². The summed E-state index contributed by atoms with van der Waals surface area (Å²) in [5.74, 6) is -1.35. The van der Waals surface area contributed by atoms with E-state index in [1.807, 2.05) is 36.4 Å². The Kier molecular flexibility index (Phi) is 12.2. The number of anilines is 2. The number of carbonyl (C=O) groups is 4. The smallest absolute Gasteiger partial charge is 0.537 e. The number of piperazine rings is 2. The van der Waals surface area contributed by atoms with E-state index in [-0.39, 0.29) is 18.7 Å². The average Bonchev–Trinajstić information content (AvgIpc) is 3.52. The first-order valence-corrected chi connectivity index (χ1v) is 20.7. The summed E-state index contributed by atoms with van der Waals surface area (Å²) in [7, 11) is 0.704.